The van der Waals surface area contributed by atoms with E-state index >= 15 is 0 Å². The highest BCUT2D eigenvalue weighted by Crippen LogP contribution is 2.16. The number of aryl methyl sites for hydroxylation is 1. The molecule has 0 fully saturated rings. The zero-order chi connectivity index (χ0) is 10.6. The SMILES string of the molecule is CCc1ccc(C(N)C(C)OC)cc1. The van der Waals surface area contributed by atoms with E-state index < -0.39 is 0 Å². The van der Waals surface area contributed by atoms with Gasteiger partial charge in [-0.25, -0.2) is 0 Å². The lowest BCUT2D eigenvalue weighted by atomic mass is 10.0. The molecular weight excluding hydrogens is 174 g/mol. The van der Waals surface area contributed by atoms with Crippen LogP contribution in [0.25, 0.3) is 0 Å². The summed E-state index contributed by atoms with van der Waals surface area (Å²) in [6, 6.07) is 8.37. The molecule has 0 spiro atoms. The molecular formula is C12H19NO. The van der Waals surface area contributed by atoms with Gasteiger partial charge in [-0.15, -0.1) is 0 Å². The highest BCUT2D eigenvalue weighted by atomic mass is 16.5. The van der Waals surface area contributed by atoms with Crippen molar-refractivity contribution in [2.45, 2.75) is 32.4 Å². The molecule has 0 heterocycles. The van der Waals surface area contributed by atoms with Gasteiger partial charge in [-0.3, -0.25) is 0 Å². The lowest BCUT2D eigenvalue weighted by Gasteiger charge is -2.18. The fourth-order valence-corrected chi connectivity index (χ4v) is 1.39. The Morgan fingerprint density at radius 2 is 1.86 bits per heavy atom. The molecule has 78 valence electrons. The topological polar surface area (TPSA) is 35.2 Å². The number of hydrogen-bond donors (Lipinski definition) is 1. The molecule has 0 saturated heterocycles. The Hall–Kier alpha value is -0.860. The number of methoxy groups -OCH3 is 1. The lowest BCUT2D eigenvalue weighted by molar-refractivity contribution is 0.0956. The van der Waals surface area contributed by atoms with Crippen LogP contribution in [-0.4, -0.2) is 13.2 Å². The number of nitrogens with two attached hydrogens (primary N) is 1. The minimum absolute atomic E-state index is 0.0362. The maximum absolute atomic E-state index is 6.02. The molecule has 0 bridgehead atoms. The second-order valence-electron chi connectivity index (χ2n) is 3.56. The predicted molar refractivity (Wildman–Crippen MR) is 59.2 cm³/mol. The van der Waals surface area contributed by atoms with Crippen LogP contribution in [0.3, 0.4) is 0 Å². The maximum atomic E-state index is 6.02. The van der Waals surface area contributed by atoms with Gasteiger partial charge in [0.05, 0.1) is 12.1 Å². The Labute approximate surface area is 86.1 Å². The van der Waals surface area contributed by atoms with Crippen molar-refractivity contribution in [3.05, 3.63) is 35.4 Å². The third kappa shape index (κ3) is 2.56. The number of benzene rings is 1. The summed E-state index contributed by atoms with van der Waals surface area (Å²) < 4.78 is 5.20. The van der Waals surface area contributed by atoms with E-state index in [1.54, 1.807) is 7.11 Å². The Bertz CT molecular complexity index is 268. The molecule has 0 amide bonds. The molecule has 0 aromatic heterocycles. The smallest absolute Gasteiger partial charge is 0.0735 e. The summed E-state index contributed by atoms with van der Waals surface area (Å²) in [4.78, 5) is 0. The van der Waals surface area contributed by atoms with E-state index in [0.29, 0.717) is 0 Å². The van der Waals surface area contributed by atoms with E-state index in [-0.39, 0.29) is 12.1 Å². The van der Waals surface area contributed by atoms with Gasteiger partial charge in [-0.2, -0.15) is 0 Å². The third-order valence-electron chi connectivity index (χ3n) is 2.65. The van der Waals surface area contributed by atoms with Gasteiger partial charge in [0.2, 0.25) is 0 Å². The van der Waals surface area contributed by atoms with Gasteiger partial charge in [-0.1, -0.05) is 31.2 Å². The van der Waals surface area contributed by atoms with E-state index in [1.807, 2.05) is 6.92 Å². The van der Waals surface area contributed by atoms with Crippen LogP contribution in [0.1, 0.15) is 31.0 Å². The lowest BCUT2D eigenvalue weighted by Crippen LogP contribution is -2.25. The fraction of sp³-hybridized carbons (Fsp3) is 0.500. The van der Waals surface area contributed by atoms with Gasteiger partial charge in [0.15, 0.2) is 0 Å². The van der Waals surface area contributed by atoms with Crippen molar-refractivity contribution in [3.8, 4) is 0 Å². The predicted octanol–water partition coefficient (Wildman–Crippen LogP) is 2.28. The largest absolute Gasteiger partial charge is 0.380 e. The summed E-state index contributed by atoms with van der Waals surface area (Å²) in [6.07, 6.45) is 1.12. The van der Waals surface area contributed by atoms with Crippen molar-refractivity contribution >= 4 is 0 Å². The van der Waals surface area contributed by atoms with Gasteiger partial charge in [-0.05, 0) is 24.5 Å². The minimum atomic E-state index is -0.0362. The van der Waals surface area contributed by atoms with Crippen LogP contribution in [-0.2, 0) is 11.2 Å². The molecule has 0 aliphatic heterocycles. The number of ether oxygens (including phenoxy) is 1. The molecule has 2 unspecified atom stereocenters. The van der Waals surface area contributed by atoms with Gasteiger partial charge >= 0.3 is 0 Å². The van der Waals surface area contributed by atoms with E-state index in [2.05, 4.69) is 31.2 Å². The van der Waals surface area contributed by atoms with Crippen molar-refractivity contribution < 1.29 is 4.74 Å². The first-order valence-corrected chi connectivity index (χ1v) is 5.06. The zero-order valence-electron chi connectivity index (χ0n) is 9.16. The molecule has 1 rings (SSSR count). The molecule has 2 heteroatoms. The first-order valence-electron chi connectivity index (χ1n) is 5.06. The van der Waals surface area contributed by atoms with Crippen LogP contribution >= 0.6 is 0 Å². The van der Waals surface area contributed by atoms with Gasteiger partial charge in [0, 0.05) is 7.11 Å². The summed E-state index contributed by atoms with van der Waals surface area (Å²) in [5.74, 6) is 0. The van der Waals surface area contributed by atoms with Gasteiger partial charge < -0.3 is 10.5 Å². The maximum Gasteiger partial charge on any atom is 0.0735 e. The normalized spacial score (nSPS) is 15.1. The van der Waals surface area contributed by atoms with E-state index in [1.165, 1.54) is 5.56 Å². The Morgan fingerprint density at radius 1 is 1.29 bits per heavy atom. The second-order valence-corrected chi connectivity index (χ2v) is 3.56. The fourth-order valence-electron chi connectivity index (χ4n) is 1.39. The summed E-state index contributed by atoms with van der Waals surface area (Å²) in [6.45, 7) is 4.13. The summed E-state index contributed by atoms with van der Waals surface area (Å²) in [7, 11) is 1.69. The molecule has 0 radical (unpaired) electrons. The van der Waals surface area contributed by atoms with Crippen LogP contribution in [0.4, 0.5) is 0 Å². The van der Waals surface area contributed by atoms with Crippen molar-refractivity contribution in [2.75, 3.05) is 7.11 Å². The summed E-state index contributed by atoms with van der Waals surface area (Å²) in [5.41, 5.74) is 8.49. The highest BCUT2D eigenvalue weighted by Gasteiger charge is 2.13. The van der Waals surface area contributed by atoms with Gasteiger partial charge in [0.25, 0.3) is 0 Å². The number of hydrogen-bond acceptors (Lipinski definition) is 2. The number of rotatable bonds is 4. The van der Waals surface area contributed by atoms with Crippen molar-refractivity contribution in [2.24, 2.45) is 5.73 Å². The average Bonchev–Trinajstić information content (AvgIpc) is 2.27. The Morgan fingerprint density at radius 3 is 2.29 bits per heavy atom. The Kier molecular flexibility index (Phi) is 4.11. The highest BCUT2D eigenvalue weighted by molar-refractivity contribution is 5.25. The van der Waals surface area contributed by atoms with Crippen molar-refractivity contribution in [3.63, 3.8) is 0 Å². The van der Waals surface area contributed by atoms with Crippen molar-refractivity contribution in [1.29, 1.82) is 0 Å². The molecule has 0 saturated carbocycles. The summed E-state index contributed by atoms with van der Waals surface area (Å²) >= 11 is 0. The third-order valence-corrected chi connectivity index (χ3v) is 2.65. The molecule has 1 aromatic rings. The molecule has 14 heavy (non-hydrogen) atoms. The van der Waals surface area contributed by atoms with Crippen LogP contribution in [0.15, 0.2) is 24.3 Å². The molecule has 1 aromatic carbocycles. The molecule has 2 N–H and O–H groups in total. The van der Waals surface area contributed by atoms with E-state index in [4.69, 9.17) is 10.5 Å². The average molecular weight is 193 g/mol. The van der Waals surface area contributed by atoms with Crippen LogP contribution in [0.5, 0.6) is 0 Å². The van der Waals surface area contributed by atoms with Crippen LogP contribution in [0.2, 0.25) is 0 Å². The quantitative estimate of drug-likeness (QED) is 0.796. The van der Waals surface area contributed by atoms with Crippen molar-refractivity contribution in [1.82, 2.24) is 0 Å². The molecule has 0 aliphatic carbocycles. The Balaban J connectivity index is 2.75. The summed E-state index contributed by atoms with van der Waals surface area (Å²) in [5, 5.41) is 0. The monoisotopic (exact) mass is 193 g/mol. The van der Waals surface area contributed by atoms with E-state index in [0.717, 1.165) is 12.0 Å². The molecule has 2 nitrogen and oxygen atoms in total. The first kappa shape index (κ1) is 11.2. The van der Waals surface area contributed by atoms with Gasteiger partial charge in [0.1, 0.15) is 0 Å². The standard InChI is InChI=1S/C12H19NO/c1-4-10-5-7-11(8-6-10)12(13)9(2)14-3/h5-9,12H,4,13H2,1-3H3. The van der Waals surface area contributed by atoms with Crippen LogP contribution < -0.4 is 5.73 Å². The molecule has 2 atom stereocenters. The zero-order valence-corrected chi connectivity index (χ0v) is 9.16. The van der Waals surface area contributed by atoms with Crippen LogP contribution in [0, 0.1) is 0 Å². The molecule has 0 aliphatic rings. The second kappa shape index (κ2) is 5.13. The first-order chi connectivity index (χ1) is 6.69. The van der Waals surface area contributed by atoms with E-state index in [9.17, 15) is 0 Å². The minimum Gasteiger partial charge on any atom is -0.380 e.